The van der Waals surface area contributed by atoms with Crippen LogP contribution >= 0.6 is 11.6 Å². The average molecular weight is 345 g/mol. The maximum Gasteiger partial charge on any atom is 0.125 e. The Kier molecular flexibility index (Phi) is 4.36. The normalized spacial score (nSPS) is 11.0. The van der Waals surface area contributed by atoms with Crippen LogP contribution in [0.1, 0.15) is 22.9 Å². The predicted molar refractivity (Wildman–Crippen MR) is 102 cm³/mol. The maximum atomic E-state index is 6.44. The molecule has 0 saturated carbocycles. The predicted octanol–water partition coefficient (Wildman–Crippen LogP) is 5.71. The van der Waals surface area contributed by atoms with Crippen LogP contribution in [0.25, 0.3) is 5.69 Å². The molecular weight excluding hydrogens is 328 g/mol. The average Bonchev–Trinajstić information content (AvgIpc) is 3.13. The third-order valence-electron chi connectivity index (χ3n) is 4.31. The van der Waals surface area contributed by atoms with E-state index < -0.39 is 0 Å². The van der Waals surface area contributed by atoms with Crippen LogP contribution in [0.4, 0.5) is 0 Å². The molecule has 0 radical (unpaired) electrons. The molecule has 0 aliphatic rings. The first kappa shape index (κ1) is 15.7. The van der Waals surface area contributed by atoms with Gasteiger partial charge in [-0.3, -0.25) is 0 Å². The van der Waals surface area contributed by atoms with Crippen molar-refractivity contribution in [1.29, 1.82) is 0 Å². The molecule has 0 aliphatic heterocycles. The molecule has 0 aliphatic carbocycles. The Balaban J connectivity index is 1.91. The number of imidazole rings is 1. The van der Waals surface area contributed by atoms with Crippen LogP contribution < -0.4 is 0 Å². The van der Waals surface area contributed by atoms with Gasteiger partial charge in [0.1, 0.15) is 5.82 Å². The summed E-state index contributed by atoms with van der Waals surface area (Å²) in [7, 11) is 0. The Morgan fingerprint density at radius 3 is 1.88 bits per heavy atom. The van der Waals surface area contributed by atoms with E-state index in [1.165, 1.54) is 11.1 Å². The highest BCUT2D eigenvalue weighted by molar-refractivity contribution is 6.32. The van der Waals surface area contributed by atoms with Gasteiger partial charge in [-0.15, -0.1) is 0 Å². The molecule has 4 aromatic rings. The van der Waals surface area contributed by atoms with Crippen molar-refractivity contribution in [2.75, 3.05) is 0 Å². The standard InChI is InChI=1S/C22H17ClN2/c23-19-13-7-8-14-20(19)25-16-15-24-22(25)21(17-9-3-1-4-10-17)18-11-5-2-6-12-18/h1-16,21H. The van der Waals surface area contributed by atoms with E-state index >= 15 is 0 Å². The van der Waals surface area contributed by atoms with Crippen molar-refractivity contribution in [3.05, 3.63) is 119 Å². The maximum absolute atomic E-state index is 6.44. The van der Waals surface area contributed by atoms with Crippen molar-refractivity contribution >= 4 is 11.6 Å². The summed E-state index contributed by atoms with van der Waals surface area (Å²) < 4.78 is 2.08. The Morgan fingerprint density at radius 1 is 0.720 bits per heavy atom. The molecule has 3 aromatic carbocycles. The zero-order valence-corrected chi connectivity index (χ0v) is 14.3. The van der Waals surface area contributed by atoms with Gasteiger partial charge in [0.25, 0.3) is 0 Å². The number of nitrogens with zero attached hydrogens (tertiary/aromatic N) is 2. The second-order valence-electron chi connectivity index (χ2n) is 5.86. The van der Waals surface area contributed by atoms with Gasteiger partial charge in [-0.1, -0.05) is 84.4 Å². The first-order valence-electron chi connectivity index (χ1n) is 8.22. The molecule has 0 saturated heterocycles. The Labute approximate surface area is 152 Å². The molecule has 1 aromatic heterocycles. The molecule has 0 spiro atoms. The lowest BCUT2D eigenvalue weighted by Gasteiger charge is -2.20. The summed E-state index contributed by atoms with van der Waals surface area (Å²) in [5.41, 5.74) is 3.34. The van der Waals surface area contributed by atoms with Gasteiger partial charge in [0, 0.05) is 12.4 Å². The zero-order valence-electron chi connectivity index (χ0n) is 13.6. The fourth-order valence-electron chi connectivity index (χ4n) is 3.16. The highest BCUT2D eigenvalue weighted by Crippen LogP contribution is 2.33. The molecule has 0 atom stereocenters. The van der Waals surface area contributed by atoms with Gasteiger partial charge >= 0.3 is 0 Å². The van der Waals surface area contributed by atoms with E-state index in [0.29, 0.717) is 5.02 Å². The van der Waals surface area contributed by atoms with Crippen LogP contribution in [0, 0.1) is 0 Å². The van der Waals surface area contributed by atoms with Crippen molar-refractivity contribution in [3.8, 4) is 5.69 Å². The second kappa shape index (κ2) is 6.96. The van der Waals surface area contributed by atoms with E-state index in [-0.39, 0.29) is 5.92 Å². The molecule has 4 rings (SSSR count). The smallest absolute Gasteiger partial charge is 0.125 e. The highest BCUT2D eigenvalue weighted by Gasteiger charge is 2.22. The second-order valence-corrected chi connectivity index (χ2v) is 6.27. The largest absolute Gasteiger partial charge is 0.301 e. The number of hydrogen-bond acceptors (Lipinski definition) is 1. The third-order valence-corrected chi connectivity index (χ3v) is 4.62. The van der Waals surface area contributed by atoms with E-state index in [4.69, 9.17) is 16.6 Å². The summed E-state index contributed by atoms with van der Waals surface area (Å²) in [5.74, 6) is 0.985. The van der Waals surface area contributed by atoms with E-state index in [2.05, 4.69) is 53.1 Å². The van der Waals surface area contributed by atoms with Gasteiger partial charge in [-0.05, 0) is 23.3 Å². The van der Waals surface area contributed by atoms with Crippen LogP contribution in [-0.4, -0.2) is 9.55 Å². The van der Waals surface area contributed by atoms with Crippen molar-refractivity contribution in [3.63, 3.8) is 0 Å². The number of benzene rings is 3. The van der Waals surface area contributed by atoms with E-state index in [1.54, 1.807) is 0 Å². The van der Waals surface area contributed by atoms with Crippen molar-refractivity contribution in [1.82, 2.24) is 9.55 Å². The number of rotatable bonds is 4. The number of aromatic nitrogens is 2. The van der Waals surface area contributed by atoms with Gasteiger partial charge in [0.2, 0.25) is 0 Å². The third kappa shape index (κ3) is 3.09. The first-order chi connectivity index (χ1) is 12.3. The van der Waals surface area contributed by atoms with Crippen LogP contribution in [0.2, 0.25) is 5.02 Å². The van der Waals surface area contributed by atoms with E-state index in [9.17, 15) is 0 Å². The molecule has 3 heteroatoms. The van der Waals surface area contributed by atoms with Gasteiger partial charge in [0.05, 0.1) is 16.6 Å². The molecule has 0 amide bonds. The molecule has 0 bridgehead atoms. The SMILES string of the molecule is Clc1ccccc1-n1ccnc1C(c1ccccc1)c1ccccc1. The van der Waals surface area contributed by atoms with Gasteiger partial charge in [-0.2, -0.15) is 0 Å². The van der Waals surface area contributed by atoms with Crippen molar-refractivity contribution < 1.29 is 0 Å². The summed E-state index contributed by atoms with van der Waals surface area (Å²) in [5, 5.41) is 0.710. The van der Waals surface area contributed by atoms with E-state index in [0.717, 1.165) is 11.5 Å². The quantitative estimate of drug-likeness (QED) is 0.464. The minimum Gasteiger partial charge on any atom is -0.301 e. The Morgan fingerprint density at radius 2 is 1.28 bits per heavy atom. The first-order valence-corrected chi connectivity index (χ1v) is 8.60. The summed E-state index contributed by atoms with van der Waals surface area (Å²) in [4.78, 5) is 4.69. The molecule has 2 nitrogen and oxygen atoms in total. The minimum absolute atomic E-state index is 0.0358. The zero-order chi connectivity index (χ0) is 17.1. The van der Waals surface area contributed by atoms with Gasteiger partial charge < -0.3 is 4.57 Å². The summed E-state index contributed by atoms with van der Waals surface area (Å²) in [6, 6.07) is 28.7. The fraction of sp³-hybridized carbons (Fsp3) is 0.0455. The topological polar surface area (TPSA) is 17.8 Å². The number of hydrogen-bond donors (Lipinski definition) is 0. The molecule has 0 unspecified atom stereocenters. The monoisotopic (exact) mass is 344 g/mol. The summed E-state index contributed by atoms with van der Waals surface area (Å²) >= 11 is 6.44. The van der Waals surface area contributed by atoms with Crippen LogP contribution in [-0.2, 0) is 0 Å². The van der Waals surface area contributed by atoms with Gasteiger partial charge in [-0.25, -0.2) is 4.98 Å². The fourth-order valence-corrected chi connectivity index (χ4v) is 3.39. The van der Waals surface area contributed by atoms with Crippen LogP contribution in [0.3, 0.4) is 0 Å². The molecular formula is C22H17ClN2. The molecule has 0 N–H and O–H groups in total. The highest BCUT2D eigenvalue weighted by atomic mass is 35.5. The van der Waals surface area contributed by atoms with Crippen molar-refractivity contribution in [2.24, 2.45) is 0 Å². The Hall–Kier alpha value is -2.84. The Bertz CT molecular complexity index is 922. The van der Waals surface area contributed by atoms with Crippen LogP contribution in [0.15, 0.2) is 97.3 Å². The minimum atomic E-state index is 0.0358. The number of halogens is 1. The summed E-state index contributed by atoms with van der Waals surface area (Å²) in [6.45, 7) is 0. The molecule has 0 fully saturated rings. The van der Waals surface area contributed by atoms with Crippen LogP contribution in [0.5, 0.6) is 0 Å². The summed E-state index contributed by atoms with van der Waals surface area (Å²) in [6.07, 6.45) is 3.80. The lowest BCUT2D eigenvalue weighted by atomic mass is 9.90. The van der Waals surface area contributed by atoms with Crippen molar-refractivity contribution in [2.45, 2.75) is 5.92 Å². The molecule has 122 valence electrons. The van der Waals surface area contributed by atoms with E-state index in [1.807, 2.05) is 48.8 Å². The number of para-hydroxylation sites is 1. The lowest BCUT2D eigenvalue weighted by Crippen LogP contribution is -2.10. The van der Waals surface area contributed by atoms with Gasteiger partial charge in [0.15, 0.2) is 0 Å². The lowest BCUT2D eigenvalue weighted by molar-refractivity contribution is 0.823. The molecule has 1 heterocycles. The molecule has 25 heavy (non-hydrogen) atoms.